The third-order valence-corrected chi connectivity index (χ3v) is 4.89. The fraction of sp³-hybridized carbons (Fsp3) is 0.875. The zero-order chi connectivity index (χ0) is 15.9. The molecule has 22 heavy (non-hydrogen) atoms. The summed E-state index contributed by atoms with van der Waals surface area (Å²) in [5.74, 6) is 0.359. The van der Waals surface area contributed by atoms with Crippen LogP contribution < -0.4 is 16.4 Å². The predicted octanol–water partition coefficient (Wildman–Crippen LogP) is 1.20. The molecule has 1 aliphatic heterocycles. The van der Waals surface area contributed by atoms with Crippen LogP contribution in [0.5, 0.6) is 0 Å². The van der Waals surface area contributed by atoms with E-state index in [4.69, 9.17) is 5.73 Å². The predicted molar refractivity (Wildman–Crippen MR) is 86.4 cm³/mol. The van der Waals surface area contributed by atoms with Crippen molar-refractivity contribution >= 4 is 11.9 Å². The molecule has 1 saturated carbocycles. The molecule has 6 nitrogen and oxygen atoms in total. The highest BCUT2D eigenvalue weighted by Gasteiger charge is 2.26. The summed E-state index contributed by atoms with van der Waals surface area (Å²) in [6.45, 7) is 3.55. The molecule has 2 atom stereocenters. The molecule has 6 heteroatoms. The minimum absolute atomic E-state index is 0.0101. The molecule has 2 rings (SSSR count). The van der Waals surface area contributed by atoms with E-state index < -0.39 is 0 Å². The number of urea groups is 1. The van der Waals surface area contributed by atoms with Gasteiger partial charge in [0.25, 0.3) is 0 Å². The molecule has 0 spiro atoms. The number of nitrogens with one attached hydrogen (secondary N) is 2. The molecule has 1 aliphatic carbocycles. The minimum atomic E-state index is -0.221. The van der Waals surface area contributed by atoms with Gasteiger partial charge in [-0.05, 0) is 38.5 Å². The zero-order valence-electron chi connectivity index (χ0n) is 13.6. The maximum absolute atomic E-state index is 12.2. The molecule has 1 heterocycles. The number of hydrogen-bond acceptors (Lipinski definition) is 3. The summed E-state index contributed by atoms with van der Waals surface area (Å²) >= 11 is 0. The van der Waals surface area contributed by atoms with E-state index in [-0.39, 0.29) is 30.6 Å². The van der Waals surface area contributed by atoms with Crippen LogP contribution in [0.3, 0.4) is 0 Å². The molecule has 0 aromatic heterocycles. The Kier molecular flexibility index (Phi) is 6.49. The van der Waals surface area contributed by atoms with E-state index in [1.165, 1.54) is 19.3 Å². The van der Waals surface area contributed by atoms with E-state index in [9.17, 15) is 9.59 Å². The molecule has 0 aromatic carbocycles. The summed E-state index contributed by atoms with van der Waals surface area (Å²) in [7, 11) is 0. The van der Waals surface area contributed by atoms with Gasteiger partial charge >= 0.3 is 6.03 Å². The van der Waals surface area contributed by atoms with Crippen molar-refractivity contribution in [3.8, 4) is 0 Å². The highest BCUT2D eigenvalue weighted by molar-refractivity contribution is 5.84. The topological polar surface area (TPSA) is 87.5 Å². The third kappa shape index (κ3) is 5.16. The van der Waals surface area contributed by atoms with Crippen LogP contribution in [0, 0.1) is 5.92 Å². The molecular weight excluding hydrogens is 280 g/mol. The van der Waals surface area contributed by atoms with E-state index >= 15 is 0 Å². The van der Waals surface area contributed by atoms with Gasteiger partial charge < -0.3 is 21.3 Å². The summed E-state index contributed by atoms with van der Waals surface area (Å²) in [6, 6.07) is 0.153. The Labute approximate surface area is 133 Å². The average molecular weight is 310 g/mol. The van der Waals surface area contributed by atoms with Crippen molar-refractivity contribution in [1.82, 2.24) is 15.5 Å². The lowest BCUT2D eigenvalue weighted by Gasteiger charge is -2.34. The maximum atomic E-state index is 12.2. The highest BCUT2D eigenvalue weighted by Crippen LogP contribution is 2.19. The number of rotatable bonds is 4. The first-order valence-corrected chi connectivity index (χ1v) is 8.64. The first-order chi connectivity index (χ1) is 10.6. The standard InChI is InChI=1S/C16H30N4O2/c1-12(17)13-6-5-9-20(11-13)15(21)10-18-16(22)19-14-7-3-2-4-8-14/h12-14H,2-11,17H2,1H3,(H2,18,19,22)/t12-,13+/m0/s1. The average Bonchev–Trinajstić information content (AvgIpc) is 2.53. The van der Waals surface area contributed by atoms with Gasteiger partial charge in [-0.2, -0.15) is 0 Å². The number of nitrogens with two attached hydrogens (primary N) is 1. The monoisotopic (exact) mass is 310 g/mol. The van der Waals surface area contributed by atoms with Crippen molar-refractivity contribution in [2.24, 2.45) is 11.7 Å². The Morgan fingerprint density at radius 3 is 2.59 bits per heavy atom. The molecule has 4 N–H and O–H groups in total. The van der Waals surface area contributed by atoms with Crippen molar-refractivity contribution in [3.05, 3.63) is 0 Å². The Hall–Kier alpha value is -1.30. The van der Waals surface area contributed by atoms with Crippen LogP contribution in [0.2, 0.25) is 0 Å². The lowest BCUT2D eigenvalue weighted by atomic mass is 9.92. The Morgan fingerprint density at radius 1 is 1.18 bits per heavy atom. The lowest BCUT2D eigenvalue weighted by Crippen LogP contribution is -2.50. The lowest BCUT2D eigenvalue weighted by molar-refractivity contribution is -0.132. The molecule has 0 bridgehead atoms. The van der Waals surface area contributed by atoms with Crippen LogP contribution in [0.25, 0.3) is 0 Å². The largest absolute Gasteiger partial charge is 0.341 e. The fourth-order valence-electron chi connectivity index (χ4n) is 3.42. The highest BCUT2D eigenvalue weighted by atomic mass is 16.2. The number of carbonyl (C=O) groups excluding carboxylic acids is 2. The molecule has 126 valence electrons. The second kappa shape index (κ2) is 8.36. The smallest absolute Gasteiger partial charge is 0.315 e. The van der Waals surface area contributed by atoms with E-state index in [1.807, 2.05) is 11.8 Å². The second-order valence-corrected chi connectivity index (χ2v) is 6.76. The van der Waals surface area contributed by atoms with E-state index in [2.05, 4.69) is 10.6 Å². The van der Waals surface area contributed by atoms with Crippen LogP contribution in [0.4, 0.5) is 4.79 Å². The maximum Gasteiger partial charge on any atom is 0.315 e. The Morgan fingerprint density at radius 2 is 1.91 bits per heavy atom. The van der Waals surface area contributed by atoms with Gasteiger partial charge in [-0.25, -0.2) is 4.79 Å². The van der Waals surface area contributed by atoms with Gasteiger partial charge in [0.1, 0.15) is 0 Å². The summed E-state index contributed by atoms with van der Waals surface area (Å²) in [5.41, 5.74) is 5.94. The second-order valence-electron chi connectivity index (χ2n) is 6.76. The number of carbonyl (C=O) groups is 2. The molecule has 0 unspecified atom stereocenters. The van der Waals surface area contributed by atoms with Gasteiger partial charge in [0.2, 0.25) is 5.91 Å². The first-order valence-electron chi connectivity index (χ1n) is 8.64. The molecule has 2 aliphatic rings. The van der Waals surface area contributed by atoms with Crippen LogP contribution in [0.15, 0.2) is 0 Å². The quantitative estimate of drug-likeness (QED) is 0.729. The van der Waals surface area contributed by atoms with Gasteiger partial charge in [-0.15, -0.1) is 0 Å². The number of likely N-dealkylation sites (tertiary alicyclic amines) is 1. The Bertz CT molecular complexity index is 380. The molecule has 0 aromatic rings. The van der Waals surface area contributed by atoms with Crippen molar-refractivity contribution in [1.29, 1.82) is 0 Å². The number of hydrogen-bond donors (Lipinski definition) is 3. The van der Waals surface area contributed by atoms with Crippen molar-refractivity contribution in [2.45, 2.75) is 64.0 Å². The number of piperidine rings is 1. The van der Waals surface area contributed by atoms with Crippen molar-refractivity contribution in [3.63, 3.8) is 0 Å². The summed E-state index contributed by atoms with van der Waals surface area (Å²) in [5, 5.41) is 5.66. The molecule has 0 radical (unpaired) electrons. The van der Waals surface area contributed by atoms with Gasteiger partial charge in [-0.1, -0.05) is 19.3 Å². The third-order valence-electron chi connectivity index (χ3n) is 4.89. The fourth-order valence-corrected chi connectivity index (χ4v) is 3.42. The summed E-state index contributed by atoms with van der Waals surface area (Å²) in [4.78, 5) is 25.9. The van der Waals surface area contributed by atoms with Gasteiger partial charge in [0.05, 0.1) is 6.54 Å². The zero-order valence-corrected chi connectivity index (χ0v) is 13.6. The van der Waals surface area contributed by atoms with Crippen LogP contribution in [0.1, 0.15) is 51.9 Å². The summed E-state index contributed by atoms with van der Waals surface area (Å²) in [6.07, 6.45) is 7.77. The van der Waals surface area contributed by atoms with Gasteiger partial charge in [0, 0.05) is 25.2 Å². The van der Waals surface area contributed by atoms with Crippen LogP contribution in [-0.2, 0) is 4.79 Å². The van der Waals surface area contributed by atoms with Crippen LogP contribution in [-0.4, -0.2) is 48.6 Å². The number of amides is 3. The van der Waals surface area contributed by atoms with Crippen molar-refractivity contribution in [2.75, 3.05) is 19.6 Å². The van der Waals surface area contributed by atoms with Crippen LogP contribution >= 0.6 is 0 Å². The van der Waals surface area contributed by atoms with E-state index in [1.54, 1.807) is 0 Å². The summed E-state index contributed by atoms with van der Waals surface area (Å²) < 4.78 is 0. The minimum Gasteiger partial charge on any atom is -0.341 e. The normalized spacial score (nSPS) is 24.6. The molecule has 1 saturated heterocycles. The van der Waals surface area contributed by atoms with E-state index in [0.717, 1.165) is 32.2 Å². The molecule has 3 amide bonds. The molecular formula is C16H30N4O2. The first kappa shape index (κ1) is 17.1. The van der Waals surface area contributed by atoms with Gasteiger partial charge in [0.15, 0.2) is 0 Å². The van der Waals surface area contributed by atoms with Crippen molar-refractivity contribution < 1.29 is 9.59 Å². The molecule has 2 fully saturated rings. The number of nitrogens with zero attached hydrogens (tertiary/aromatic N) is 1. The van der Waals surface area contributed by atoms with E-state index in [0.29, 0.717) is 12.5 Å². The SMILES string of the molecule is C[C@H](N)[C@@H]1CCCN(C(=O)CNC(=O)NC2CCCCC2)C1. The Balaban J connectivity index is 1.69. The van der Waals surface area contributed by atoms with Gasteiger partial charge in [-0.3, -0.25) is 4.79 Å².